The summed E-state index contributed by atoms with van der Waals surface area (Å²) in [5.74, 6) is 0.112. The van der Waals surface area contributed by atoms with Gasteiger partial charge in [-0.25, -0.2) is 9.37 Å². The van der Waals surface area contributed by atoms with Crippen molar-refractivity contribution in [1.82, 2.24) is 4.98 Å². The number of carbonyl (C=O) groups excluding carboxylic acids is 1. The second kappa shape index (κ2) is 7.53. The molecule has 0 saturated heterocycles. The minimum atomic E-state index is -0.571. The highest BCUT2D eigenvalue weighted by Gasteiger charge is 2.16. The Morgan fingerprint density at radius 3 is 2.54 bits per heavy atom. The zero-order chi connectivity index (χ0) is 18.7. The fraction of sp³-hybridized carbons (Fsp3) is 0.158. The van der Waals surface area contributed by atoms with Gasteiger partial charge in [0.2, 0.25) is 0 Å². The Kier molecular flexibility index (Phi) is 5.18. The normalized spacial score (nSPS) is 10.5. The second-order valence-electron chi connectivity index (χ2n) is 5.43. The van der Waals surface area contributed by atoms with Crippen LogP contribution in [0, 0.1) is 12.7 Å². The van der Waals surface area contributed by atoms with Crippen molar-refractivity contribution in [2.75, 3.05) is 19.5 Å². The Bertz CT molecular complexity index is 956. The molecule has 7 heteroatoms. The Labute approximate surface area is 154 Å². The highest BCUT2D eigenvalue weighted by molar-refractivity contribution is 7.16. The molecule has 134 valence electrons. The second-order valence-corrected chi connectivity index (χ2v) is 6.63. The third-order valence-corrected chi connectivity index (χ3v) is 4.68. The maximum absolute atomic E-state index is 13.7. The molecule has 5 nitrogen and oxygen atoms in total. The number of anilines is 1. The van der Waals surface area contributed by atoms with Crippen LogP contribution in [0.15, 0.2) is 42.5 Å². The number of nitrogens with one attached hydrogen (secondary N) is 1. The van der Waals surface area contributed by atoms with E-state index in [0.29, 0.717) is 16.6 Å². The van der Waals surface area contributed by atoms with Crippen LogP contribution in [-0.2, 0) is 0 Å². The van der Waals surface area contributed by atoms with E-state index in [0.717, 1.165) is 16.1 Å². The van der Waals surface area contributed by atoms with E-state index in [1.54, 1.807) is 26.4 Å². The lowest BCUT2D eigenvalue weighted by Gasteiger charge is -2.08. The number of halogens is 1. The van der Waals surface area contributed by atoms with Gasteiger partial charge in [0.1, 0.15) is 5.82 Å². The Balaban J connectivity index is 1.88. The van der Waals surface area contributed by atoms with Crippen LogP contribution in [0.5, 0.6) is 11.5 Å². The highest BCUT2D eigenvalue weighted by Crippen LogP contribution is 2.36. The van der Waals surface area contributed by atoms with Gasteiger partial charge in [-0.2, -0.15) is 0 Å². The third kappa shape index (κ3) is 3.52. The number of rotatable bonds is 5. The quantitative estimate of drug-likeness (QED) is 0.715. The third-order valence-electron chi connectivity index (χ3n) is 3.79. The summed E-state index contributed by atoms with van der Waals surface area (Å²) in [6.07, 6.45) is 0. The SMILES string of the molecule is COc1ccc(-c2nc(NC(=O)c3ccccc3F)sc2C)cc1OC. The van der Waals surface area contributed by atoms with Gasteiger partial charge in [-0.05, 0) is 37.3 Å². The first-order valence-electron chi connectivity index (χ1n) is 7.79. The summed E-state index contributed by atoms with van der Waals surface area (Å²) in [7, 11) is 3.14. The predicted octanol–water partition coefficient (Wildman–Crippen LogP) is 4.53. The molecule has 0 bridgehead atoms. The van der Waals surface area contributed by atoms with E-state index in [1.165, 1.54) is 29.5 Å². The molecule has 0 radical (unpaired) electrons. The first kappa shape index (κ1) is 17.9. The van der Waals surface area contributed by atoms with Crippen LogP contribution in [0.1, 0.15) is 15.2 Å². The molecule has 1 amide bonds. The molecule has 26 heavy (non-hydrogen) atoms. The highest BCUT2D eigenvalue weighted by atomic mass is 32.1. The topological polar surface area (TPSA) is 60.5 Å². The van der Waals surface area contributed by atoms with Gasteiger partial charge in [0, 0.05) is 10.4 Å². The molecule has 0 fully saturated rings. The molecule has 2 aromatic carbocycles. The summed E-state index contributed by atoms with van der Waals surface area (Å²) in [6.45, 7) is 1.91. The number of aryl methyl sites for hydroxylation is 1. The van der Waals surface area contributed by atoms with Crippen LogP contribution in [0.2, 0.25) is 0 Å². The van der Waals surface area contributed by atoms with Crippen molar-refractivity contribution in [1.29, 1.82) is 0 Å². The number of benzene rings is 2. The summed E-state index contributed by atoms with van der Waals surface area (Å²) < 4.78 is 24.3. The molecule has 0 aliphatic carbocycles. The number of methoxy groups -OCH3 is 2. The number of thiazole rings is 1. The number of hydrogen-bond acceptors (Lipinski definition) is 5. The van der Waals surface area contributed by atoms with Crippen molar-refractivity contribution in [3.05, 3.63) is 58.7 Å². The van der Waals surface area contributed by atoms with Crippen LogP contribution in [0.4, 0.5) is 9.52 Å². The van der Waals surface area contributed by atoms with Crippen LogP contribution in [-0.4, -0.2) is 25.1 Å². The average molecular weight is 372 g/mol. The first-order chi connectivity index (χ1) is 12.5. The molecule has 0 aliphatic heterocycles. The van der Waals surface area contributed by atoms with Gasteiger partial charge in [0.15, 0.2) is 16.6 Å². The van der Waals surface area contributed by atoms with E-state index >= 15 is 0 Å². The van der Waals surface area contributed by atoms with E-state index in [2.05, 4.69) is 10.3 Å². The first-order valence-corrected chi connectivity index (χ1v) is 8.61. The molecule has 3 rings (SSSR count). The summed E-state index contributed by atoms with van der Waals surface area (Å²) in [5.41, 5.74) is 1.54. The number of carbonyl (C=O) groups is 1. The molecular weight excluding hydrogens is 355 g/mol. The smallest absolute Gasteiger partial charge is 0.260 e. The van der Waals surface area contributed by atoms with Gasteiger partial charge in [-0.3, -0.25) is 10.1 Å². The summed E-state index contributed by atoms with van der Waals surface area (Å²) in [5, 5.41) is 3.06. The largest absolute Gasteiger partial charge is 0.493 e. The molecule has 1 aromatic heterocycles. The minimum Gasteiger partial charge on any atom is -0.493 e. The van der Waals surface area contributed by atoms with Crippen LogP contribution in [0.3, 0.4) is 0 Å². The van der Waals surface area contributed by atoms with Crippen LogP contribution >= 0.6 is 11.3 Å². The van der Waals surface area contributed by atoms with Crippen molar-refractivity contribution < 1.29 is 18.7 Å². The van der Waals surface area contributed by atoms with Crippen molar-refractivity contribution >= 4 is 22.4 Å². The van der Waals surface area contributed by atoms with Gasteiger partial charge in [0.25, 0.3) is 5.91 Å². The molecule has 1 N–H and O–H groups in total. The van der Waals surface area contributed by atoms with Crippen LogP contribution < -0.4 is 14.8 Å². The monoisotopic (exact) mass is 372 g/mol. The zero-order valence-corrected chi connectivity index (χ0v) is 15.3. The fourth-order valence-electron chi connectivity index (χ4n) is 2.51. The maximum atomic E-state index is 13.7. The zero-order valence-electron chi connectivity index (χ0n) is 14.5. The van der Waals surface area contributed by atoms with Crippen molar-refractivity contribution in [2.24, 2.45) is 0 Å². The molecule has 0 spiro atoms. The Morgan fingerprint density at radius 1 is 1.12 bits per heavy atom. The number of aromatic nitrogens is 1. The van der Waals surface area contributed by atoms with E-state index in [9.17, 15) is 9.18 Å². The molecule has 0 saturated carbocycles. The number of hydrogen-bond donors (Lipinski definition) is 1. The summed E-state index contributed by atoms with van der Waals surface area (Å²) in [4.78, 5) is 17.6. The van der Waals surface area contributed by atoms with Crippen molar-refractivity contribution in [2.45, 2.75) is 6.92 Å². The van der Waals surface area contributed by atoms with E-state index in [4.69, 9.17) is 9.47 Å². The number of ether oxygens (including phenoxy) is 2. The molecule has 0 unspecified atom stereocenters. The molecule has 3 aromatic rings. The Morgan fingerprint density at radius 2 is 1.85 bits per heavy atom. The van der Waals surface area contributed by atoms with Gasteiger partial charge in [-0.15, -0.1) is 11.3 Å². The average Bonchev–Trinajstić information content (AvgIpc) is 3.01. The number of nitrogens with zero attached hydrogens (tertiary/aromatic N) is 1. The van der Waals surface area contributed by atoms with Crippen LogP contribution in [0.25, 0.3) is 11.3 Å². The van der Waals surface area contributed by atoms with Crippen molar-refractivity contribution in [3.8, 4) is 22.8 Å². The van der Waals surface area contributed by atoms with E-state index in [1.807, 2.05) is 19.1 Å². The van der Waals surface area contributed by atoms with Gasteiger partial charge in [0.05, 0.1) is 25.5 Å². The Hall–Kier alpha value is -2.93. The fourth-order valence-corrected chi connectivity index (χ4v) is 3.34. The van der Waals surface area contributed by atoms with Gasteiger partial charge >= 0.3 is 0 Å². The molecular formula is C19H17FN2O3S. The number of amides is 1. The minimum absolute atomic E-state index is 0.0204. The standard InChI is InChI=1S/C19H17FN2O3S/c1-11-17(12-8-9-15(24-2)16(10-12)25-3)21-19(26-11)22-18(23)13-6-4-5-7-14(13)20/h4-10H,1-3H3,(H,21,22,23). The summed E-state index contributed by atoms with van der Waals surface area (Å²) in [6, 6.07) is 11.3. The molecule has 0 atom stereocenters. The lowest BCUT2D eigenvalue weighted by molar-refractivity contribution is 0.102. The lowest BCUT2D eigenvalue weighted by atomic mass is 10.1. The predicted molar refractivity (Wildman–Crippen MR) is 99.7 cm³/mol. The van der Waals surface area contributed by atoms with E-state index in [-0.39, 0.29) is 5.56 Å². The lowest BCUT2D eigenvalue weighted by Crippen LogP contribution is -2.13. The molecule has 0 aliphatic rings. The molecule has 1 heterocycles. The van der Waals surface area contributed by atoms with Gasteiger partial charge < -0.3 is 9.47 Å². The van der Waals surface area contributed by atoms with Crippen molar-refractivity contribution in [3.63, 3.8) is 0 Å². The summed E-state index contributed by atoms with van der Waals surface area (Å²) >= 11 is 1.32. The van der Waals surface area contributed by atoms with E-state index < -0.39 is 11.7 Å². The van der Waals surface area contributed by atoms with Gasteiger partial charge in [-0.1, -0.05) is 12.1 Å². The maximum Gasteiger partial charge on any atom is 0.260 e.